The van der Waals surface area contributed by atoms with Crippen LogP contribution in [0.1, 0.15) is 32.6 Å². The topological polar surface area (TPSA) is 9.23 Å². The summed E-state index contributed by atoms with van der Waals surface area (Å²) in [5, 5.41) is 3.49. The van der Waals surface area contributed by atoms with Crippen LogP contribution in [-0.4, -0.2) is 7.25 Å². The molecular weight excluding hydrogens is 363 g/mol. The molecule has 0 aromatic heterocycles. The molecule has 1 heterocycles. The predicted molar refractivity (Wildman–Crippen MR) is 99.0 cm³/mol. The molecule has 0 bridgehead atoms. The van der Waals surface area contributed by atoms with E-state index < -0.39 is 7.25 Å². The van der Waals surface area contributed by atoms with Crippen molar-refractivity contribution in [2.24, 2.45) is 0 Å². The second-order valence-corrected chi connectivity index (χ2v) is 7.23. The van der Waals surface area contributed by atoms with Crippen LogP contribution in [0, 0.1) is 11.2 Å². The molecule has 138 valence electrons. The summed E-state index contributed by atoms with van der Waals surface area (Å²) in [6, 6.07) is 16.5. The maximum atomic E-state index is 9.75. The van der Waals surface area contributed by atoms with Crippen molar-refractivity contribution in [2.75, 3.05) is 0 Å². The molecule has 26 heavy (non-hydrogen) atoms. The van der Waals surface area contributed by atoms with E-state index in [1.807, 2.05) is 24.3 Å². The maximum Gasteiger partial charge on any atom is 0.673 e. The first-order chi connectivity index (χ1) is 12.4. The van der Waals surface area contributed by atoms with E-state index >= 15 is 0 Å². The molecular formula is C19H19BF4OS. The summed E-state index contributed by atoms with van der Waals surface area (Å²) in [6.45, 7) is 2.22. The smallest absolute Gasteiger partial charge is 0.447 e. The fraction of sp³-hybridized carbons (Fsp3) is 0.263. The van der Waals surface area contributed by atoms with E-state index in [4.69, 9.17) is 4.74 Å². The Labute approximate surface area is 154 Å². The molecule has 3 rings (SSSR count). The van der Waals surface area contributed by atoms with E-state index in [1.54, 1.807) is 0 Å². The van der Waals surface area contributed by atoms with Crippen LogP contribution in [0.2, 0.25) is 0 Å². The Morgan fingerprint density at radius 1 is 0.885 bits per heavy atom. The van der Waals surface area contributed by atoms with Crippen molar-refractivity contribution in [3.63, 3.8) is 0 Å². The predicted octanol–water partition coefficient (Wildman–Crippen LogP) is 6.67. The molecule has 0 unspecified atom stereocenters. The zero-order valence-electron chi connectivity index (χ0n) is 14.4. The highest BCUT2D eigenvalue weighted by Crippen LogP contribution is 2.42. The van der Waals surface area contributed by atoms with Crippen LogP contribution in [-0.2, 0) is 10.9 Å². The molecule has 0 N–H and O–H groups in total. The van der Waals surface area contributed by atoms with Crippen molar-refractivity contribution in [1.82, 2.24) is 0 Å². The molecule has 1 aliphatic rings. The number of hydrogen-bond acceptors (Lipinski definition) is 1. The lowest BCUT2D eigenvalue weighted by atomic mass is 10.2. The van der Waals surface area contributed by atoms with Gasteiger partial charge in [-0.2, -0.15) is 0 Å². The van der Waals surface area contributed by atoms with E-state index in [2.05, 4.69) is 42.4 Å². The molecule has 1 nitrogen and oxygen atoms in total. The van der Waals surface area contributed by atoms with Crippen LogP contribution in [0.4, 0.5) is 17.3 Å². The molecule has 0 saturated carbocycles. The lowest BCUT2D eigenvalue weighted by Gasteiger charge is -2.16. The number of unbranched alkanes of at least 4 members (excludes halogenated alkanes) is 3. The van der Waals surface area contributed by atoms with Gasteiger partial charge in [-0.3, -0.25) is 0 Å². The summed E-state index contributed by atoms with van der Waals surface area (Å²) in [5.41, 5.74) is 0. The summed E-state index contributed by atoms with van der Waals surface area (Å²) in [4.78, 5) is 2.42. The molecule has 0 aliphatic carbocycles. The third-order valence-electron chi connectivity index (χ3n) is 3.44. The minimum Gasteiger partial charge on any atom is -0.447 e. The first-order valence-corrected chi connectivity index (χ1v) is 9.58. The Bertz CT molecular complexity index is 731. The van der Waals surface area contributed by atoms with E-state index in [0.29, 0.717) is 0 Å². The zero-order valence-corrected chi connectivity index (χ0v) is 15.2. The third-order valence-corrected chi connectivity index (χ3v) is 5.34. The molecule has 0 atom stereocenters. The zero-order chi connectivity index (χ0) is 19.0. The molecule has 0 radical (unpaired) electrons. The molecule has 0 spiro atoms. The molecule has 2 aromatic rings. The molecule has 1 aliphatic heterocycles. The number of benzene rings is 2. The monoisotopic (exact) mass is 382 g/mol. The van der Waals surface area contributed by atoms with Crippen LogP contribution < -0.4 is 4.74 Å². The average Bonchev–Trinajstić information content (AvgIpc) is 2.59. The average molecular weight is 382 g/mol. The second-order valence-electron chi connectivity index (χ2n) is 5.53. The van der Waals surface area contributed by atoms with Crippen molar-refractivity contribution in [3.05, 3.63) is 48.5 Å². The summed E-state index contributed by atoms with van der Waals surface area (Å²) in [6.07, 6.45) is 4.69. The van der Waals surface area contributed by atoms with Gasteiger partial charge in [-0.25, -0.2) is 0 Å². The highest BCUT2D eigenvalue weighted by Gasteiger charge is 2.36. The van der Waals surface area contributed by atoms with E-state index in [-0.39, 0.29) is 10.9 Å². The quantitative estimate of drug-likeness (QED) is 0.189. The van der Waals surface area contributed by atoms with E-state index in [1.165, 1.54) is 29.1 Å². The summed E-state index contributed by atoms with van der Waals surface area (Å²) in [5.74, 6) is 5.27. The minimum absolute atomic E-state index is 0.186. The van der Waals surface area contributed by atoms with Crippen LogP contribution in [0.25, 0.3) is 0 Å². The first-order valence-electron chi connectivity index (χ1n) is 8.36. The van der Waals surface area contributed by atoms with E-state index in [0.717, 1.165) is 17.9 Å². The first kappa shape index (κ1) is 20.2. The van der Waals surface area contributed by atoms with Crippen molar-refractivity contribution < 1.29 is 22.0 Å². The number of rotatable bonds is 3. The second kappa shape index (κ2) is 9.58. The maximum absolute atomic E-state index is 9.75. The molecule has 0 saturated heterocycles. The van der Waals surface area contributed by atoms with Gasteiger partial charge in [0.2, 0.25) is 9.79 Å². The normalized spacial score (nSPS) is 12.5. The summed E-state index contributed by atoms with van der Waals surface area (Å²) >= 11 is 0. The standard InChI is InChI=1S/C19H19OS.BF4/c1-2-3-4-5-10-15-21-18-13-8-6-11-16(18)20-17-12-7-9-14-19(17)21;2-1(3,4)5/h6-9,11-14H,2-5H2,1H3;/q+1;-1. The SMILES string of the molecule is CCCCCC#C[S+]1c2ccccc2Oc2ccccc21.F[B-](F)(F)F. The Morgan fingerprint density at radius 2 is 1.38 bits per heavy atom. The van der Waals surface area contributed by atoms with Crippen molar-refractivity contribution >= 4 is 18.1 Å². The van der Waals surface area contributed by atoms with Gasteiger partial charge in [0.1, 0.15) is 0 Å². The summed E-state index contributed by atoms with van der Waals surface area (Å²) in [7, 11) is -6.19. The van der Waals surface area contributed by atoms with Crippen LogP contribution >= 0.6 is 0 Å². The van der Waals surface area contributed by atoms with Gasteiger partial charge in [0.15, 0.2) is 27.6 Å². The van der Waals surface area contributed by atoms with Crippen LogP contribution in [0.15, 0.2) is 58.3 Å². The van der Waals surface area contributed by atoms with Gasteiger partial charge in [0.05, 0.1) is 0 Å². The lowest BCUT2D eigenvalue weighted by molar-refractivity contribution is 0.368. The fourth-order valence-corrected chi connectivity index (χ4v) is 4.09. The number of hydrogen-bond donors (Lipinski definition) is 0. The van der Waals surface area contributed by atoms with Gasteiger partial charge in [-0.1, -0.05) is 44.0 Å². The Kier molecular flexibility index (Phi) is 7.46. The third kappa shape index (κ3) is 6.34. The van der Waals surface area contributed by atoms with Crippen molar-refractivity contribution in [3.8, 4) is 22.7 Å². The molecule has 7 heteroatoms. The largest absolute Gasteiger partial charge is 0.673 e. The Morgan fingerprint density at radius 3 is 1.88 bits per heavy atom. The fourth-order valence-electron chi connectivity index (χ4n) is 2.34. The van der Waals surface area contributed by atoms with Crippen molar-refractivity contribution in [2.45, 2.75) is 42.4 Å². The number of ether oxygens (including phenoxy) is 1. The number of halogens is 4. The lowest BCUT2D eigenvalue weighted by Crippen LogP contribution is -2.09. The number of para-hydroxylation sites is 2. The van der Waals surface area contributed by atoms with Gasteiger partial charge in [-0.05, 0) is 36.6 Å². The van der Waals surface area contributed by atoms with Gasteiger partial charge >= 0.3 is 7.25 Å². The van der Waals surface area contributed by atoms with Gasteiger partial charge < -0.3 is 22.0 Å². The highest BCUT2D eigenvalue weighted by molar-refractivity contribution is 8.01. The molecule has 0 fully saturated rings. The molecule has 2 aromatic carbocycles. The van der Waals surface area contributed by atoms with Gasteiger partial charge in [0, 0.05) is 6.42 Å². The summed E-state index contributed by atoms with van der Waals surface area (Å²) < 4.78 is 45.0. The molecule has 0 amide bonds. The Balaban J connectivity index is 0.000000431. The van der Waals surface area contributed by atoms with Gasteiger partial charge in [-0.15, -0.1) is 0 Å². The van der Waals surface area contributed by atoms with Crippen LogP contribution in [0.5, 0.6) is 11.5 Å². The van der Waals surface area contributed by atoms with Gasteiger partial charge in [0.25, 0.3) is 0 Å². The highest BCUT2D eigenvalue weighted by atomic mass is 32.2. The minimum atomic E-state index is -6.00. The van der Waals surface area contributed by atoms with Crippen molar-refractivity contribution in [1.29, 1.82) is 0 Å². The van der Waals surface area contributed by atoms with E-state index in [9.17, 15) is 17.3 Å². The number of fused-ring (bicyclic) bond motifs is 2. The Hall–Kier alpha value is -2.07. The van der Waals surface area contributed by atoms with Crippen LogP contribution in [0.3, 0.4) is 0 Å².